The van der Waals surface area contributed by atoms with Crippen molar-refractivity contribution in [3.05, 3.63) is 288 Å². The summed E-state index contributed by atoms with van der Waals surface area (Å²) in [7, 11) is 0. The van der Waals surface area contributed by atoms with Crippen LogP contribution in [0.3, 0.4) is 0 Å². The first-order chi connectivity index (χ1) is 35.0. The van der Waals surface area contributed by atoms with Gasteiger partial charge in [-0.2, -0.15) is 0 Å². The number of rotatable bonds is 8. The van der Waals surface area contributed by atoms with E-state index in [1.807, 2.05) is 0 Å². The summed E-state index contributed by atoms with van der Waals surface area (Å²) >= 11 is 0. The summed E-state index contributed by atoms with van der Waals surface area (Å²) in [4.78, 5) is 4.80. The minimum atomic E-state index is -0.556. The summed E-state index contributed by atoms with van der Waals surface area (Å²) in [5.41, 5.74) is 20.6. The number of fused-ring (bicyclic) bond motifs is 8. The number of para-hydroxylation sites is 2. The standard InChI is InChI=1S/C68H48N2O/c1-67(2)58-33-17-15-30-53(58)54-39-37-50(42-61(54)67)70(62-36-20-35-60-66(62)57-31-16-18-34-59(57)68(60,46-22-7-3-8-23-46)47-24-9-4-10-25-47)52-41-45-21-19-32-56-55-40-38-51(43-63(55)71-64(44-52)65(45)56)69(48-26-11-5-12-27-48)49-28-13-6-14-29-49/h3-44H,1-2H3. The van der Waals surface area contributed by atoms with Crippen LogP contribution in [0, 0.1) is 0 Å². The highest BCUT2D eigenvalue weighted by atomic mass is 16.5. The highest BCUT2D eigenvalue weighted by molar-refractivity contribution is 6.07. The van der Waals surface area contributed by atoms with Gasteiger partial charge in [-0.3, -0.25) is 0 Å². The van der Waals surface area contributed by atoms with Crippen molar-refractivity contribution in [1.82, 2.24) is 0 Å². The average molecular weight is 909 g/mol. The predicted octanol–water partition coefficient (Wildman–Crippen LogP) is 18.2. The van der Waals surface area contributed by atoms with Crippen LogP contribution in [0.2, 0.25) is 0 Å². The number of benzene rings is 11. The third-order valence-electron chi connectivity index (χ3n) is 15.5. The van der Waals surface area contributed by atoms with Gasteiger partial charge in [0, 0.05) is 56.8 Å². The van der Waals surface area contributed by atoms with E-state index in [-0.39, 0.29) is 5.41 Å². The molecular formula is C68H48N2O. The molecule has 2 aliphatic carbocycles. The van der Waals surface area contributed by atoms with Gasteiger partial charge >= 0.3 is 0 Å². The zero-order valence-electron chi connectivity index (χ0n) is 39.6. The van der Waals surface area contributed by atoms with Crippen LogP contribution in [-0.4, -0.2) is 0 Å². The summed E-state index contributed by atoms with van der Waals surface area (Å²) in [5, 5.41) is 2.23. The van der Waals surface area contributed by atoms with E-state index in [9.17, 15) is 0 Å². The molecule has 0 unspecified atom stereocenters. The Morgan fingerprint density at radius 3 is 1.54 bits per heavy atom. The van der Waals surface area contributed by atoms with Crippen LogP contribution in [-0.2, 0) is 10.8 Å². The Bertz CT molecular complexity index is 3800. The first-order valence-electron chi connectivity index (χ1n) is 24.7. The topological polar surface area (TPSA) is 15.7 Å². The summed E-state index contributed by atoms with van der Waals surface area (Å²) in [6.07, 6.45) is 0. The van der Waals surface area contributed by atoms with E-state index in [0.717, 1.165) is 67.5 Å². The summed E-state index contributed by atoms with van der Waals surface area (Å²) in [5.74, 6) is 1.66. The number of ether oxygens (including phenoxy) is 1. The highest BCUT2D eigenvalue weighted by Crippen LogP contribution is 2.61. The van der Waals surface area contributed by atoms with Gasteiger partial charge in [-0.05, 0) is 122 Å². The summed E-state index contributed by atoms with van der Waals surface area (Å²) < 4.78 is 7.27. The van der Waals surface area contributed by atoms with Gasteiger partial charge in [-0.25, -0.2) is 0 Å². The van der Waals surface area contributed by atoms with E-state index in [1.54, 1.807) is 0 Å². The van der Waals surface area contributed by atoms with Crippen LogP contribution in [0.5, 0.6) is 11.5 Å². The molecular weight excluding hydrogens is 861 g/mol. The number of hydrogen-bond acceptors (Lipinski definition) is 3. The van der Waals surface area contributed by atoms with Crippen molar-refractivity contribution in [3.63, 3.8) is 0 Å². The zero-order valence-corrected chi connectivity index (χ0v) is 39.6. The molecule has 0 radical (unpaired) electrons. The molecule has 0 saturated heterocycles. The van der Waals surface area contributed by atoms with Crippen molar-refractivity contribution in [2.24, 2.45) is 0 Å². The Labute approximate surface area is 415 Å². The first-order valence-corrected chi connectivity index (χ1v) is 24.7. The Hall–Kier alpha value is -8.92. The minimum absolute atomic E-state index is 0.198. The monoisotopic (exact) mass is 908 g/mol. The molecule has 3 aliphatic rings. The SMILES string of the molecule is CC1(C)c2ccccc2-c2ccc(N(c3cc4c5c(cccc5c3)-c3ccc(N(c5ccccc5)c5ccccc5)cc3O4)c3cccc4c3-c3ccccc3C4(c3ccccc3)c3ccccc3)cc21. The van der Waals surface area contributed by atoms with Gasteiger partial charge in [0.15, 0.2) is 0 Å². The second-order valence-electron chi connectivity index (χ2n) is 19.6. The Kier molecular flexibility index (Phi) is 9.15. The maximum Gasteiger partial charge on any atom is 0.138 e. The van der Waals surface area contributed by atoms with E-state index in [1.165, 1.54) is 55.6 Å². The fourth-order valence-electron chi connectivity index (χ4n) is 12.4. The third kappa shape index (κ3) is 6.09. The highest BCUT2D eigenvalue weighted by Gasteiger charge is 2.47. The van der Waals surface area contributed by atoms with Gasteiger partial charge in [0.1, 0.15) is 11.5 Å². The van der Waals surface area contributed by atoms with E-state index in [4.69, 9.17) is 4.74 Å². The first kappa shape index (κ1) is 41.1. The molecule has 3 nitrogen and oxygen atoms in total. The van der Waals surface area contributed by atoms with Crippen molar-refractivity contribution in [2.45, 2.75) is 24.7 Å². The minimum Gasteiger partial charge on any atom is -0.456 e. The molecule has 0 amide bonds. The maximum atomic E-state index is 7.27. The molecule has 0 atom stereocenters. The van der Waals surface area contributed by atoms with Gasteiger partial charge < -0.3 is 14.5 Å². The van der Waals surface area contributed by atoms with Crippen molar-refractivity contribution < 1.29 is 4.74 Å². The largest absolute Gasteiger partial charge is 0.456 e. The summed E-state index contributed by atoms with van der Waals surface area (Å²) in [6, 6.07) is 93.3. The fraction of sp³-hybridized carbons (Fsp3) is 0.0588. The number of nitrogens with zero attached hydrogens (tertiary/aromatic N) is 2. The molecule has 71 heavy (non-hydrogen) atoms. The third-order valence-corrected chi connectivity index (χ3v) is 15.5. The molecule has 0 spiro atoms. The molecule has 1 heterocycles. The predicted molar refractivity (Wildman–Crippen MR) is 294 cm³/mol. The van der Waals surface area contributed by atoms with E-state index in [2.05, 4.69) is 278 Å². The second-order valence-corrected chi connectivity index (χ2v) is 19.6. The van der Waals surface area contributed by atoms with Gasteiger partial charge in [0.05, 0.1) is 16.8 Å². The van der Waals surface area contributed by atoms with Gasteiger partial charge in [-0.1, -0.05) is 196 Å². The van der Waals surface area contributed by atoms with Crippen LogP contribution >= 0.6 is 0 Å². The molecule has 14 rings (SSSR count). The van der Waals surface area contributed by atoms with Crippen molar-refractivity contribution in [3.8, 4) is 44.9 Å². The van der Waals surface area contributed by atoms with Crippen LogP contribution < -0.4 is 14.5 Å². The molecule has 1 aliphatic heterocycles. The lowest BCUT2D eigenvalue weighted by Gasteiger charge is -2.34. The lowest BCUT2D eigenvalue weighted by atomic mass is 9.68. The normalized spacial score (nSPS) is 13.8. The quantitative estimate of drug-likeness (QED) is 0.151. The Balaban J connectivity index is 1.00. The molecule has 0 N–H and O–H groups in total. The molecule has 3 heteroatoms. The average Bonchev–Trinajstić information content (AvgIpc) is 3.86. The maximum absolute atomic E-state index is 7.27. The molecule has 11 aromatic carbocycles. The molecule has 0 bridgehead atoms. The molecule has 0 aromatic heterocycles. The molecule has 11 aromatic rings. The van der Waals surface area contributed by atoms with Crippen LogP contribution in [0.15, 0.2) is 255 Å². The van der Waals surface area contributed by atoms with Crippen molar-refractivity contribution in [1.29, 1.82) is 0 Å². The van der Waals surface area contributed by atoms with Gasteiger partial charge in [0.2, 0.25) is 0 Å². The van der Waals surface area contributed by atoms with Crippen LogP contribution in [0.1, 0.15) is 47.2 Å². The molecule has 0 saturated carbocycles. The Morgan fingerprint density at radius 2 is 0.845 bits per heavy atom. The van der Waals surface area contributed by atoms with Crippen LogP contribution in [0.4, 0.5) is 34.1 Å². The molecule has 0 fully saturated rings. The van der Waals surface area contributed by atoms with Gasteiger partial charge in [0.25, 0.3) is 0 Å². The number of hydrogen-bond donors (Lipinski definition) is 0. The zero-order chi connectivity index (χ0) is 47.3. The van der Waals surface area contributed by atoms with Crippen molar-refractivity contribution >= 4 is 44.9 Å². The summed E-state index contributed by atoms with van der Waals surface area (Å²) in [6.45, 7) is 4.74. The Morgan fingerprint density at radius 1 is 0.324 bits per heavy atom. The second kappa shape index (κ2) is 15.8. The van der Waals surface area contributed by atoms with Crippen molar-refractivity contribution in [2.75, 3.05) is 9.80 Å². The lowest BCUT2D eigenvalue weighted by Crippen LogP contribution is -2.28. The van der Waals surface area contributed by atoms with E-state index < -0.39 is 5.41 Å². The van der Waals surface area contributed by atoms with E-state index >= 15 is 0 Å². The fourth-order valence-corrected chi connectivity index (χ4v) is 12.4. The van der Waals surface area contributed by atoms with Crippen LogP contribution in [0.25, 0.3) is 44.2 Å². The smallest absolute Gasteiger partial charge is 0.138 e. The van der Waals surface area contributed by atoms with Gasteiger partial charge in [-0.15, -0.1) is 0 Å². The number of anilines is 6. The molecule has 336 valence electrons. The lowest BCUT2D eigenvalue weighted by molar-refractivity contribution is 0.487. The van der Waals surface area contributed by atoms with E-state index in [0.29, 0.717) is 0 Å².